The van der Waals surface area contributed by atoms with Gasteiger partial charge < -0.3 is 19.7 Å². The van der Waals surface area contributed by atoms with E-state index in [-0.39, 0.29) is 0 Å². The van der Waals surface area contributed by atoms with Crippen LogP contribution in [0.3, 0.4) is 0 Å². The second-order valence-corrected chi connectivity index (χ2v) is 5.19. The van der Waals surface area contributed by atoms with Gasteiger partial charge in [-0.1, -0.05) is 12.1 Å². The second-order valence-electron chi connectivity index (χ2n) is 5.19. The lowest BCUT2D eigenvalue weighted by Crippen LogP contribution is -2.43. The molecule has 0 atom stereocenters. The highest BCUT2D eigenvalue weighted by Gasteiger charge is 2.10. The molecule has 0 radical (unpaired) electrons. The summed E-state index contributed by atoms with van der Waals surface area (Å²) in [5.41, 5.74) is 1.30. The van der Waals surface area contributed by atoms with Crippen LogP contribution in [-0.4, -0.2) is 39.6 Å². The van der Waals surface area contributed by atoms with E-state index in [2.05, 4.69) is 40.5 Å². The van der Waals surface area contributed by atoms with Gasteiger partial charge in [-0.15, -0.1) is 0 Å². The Morgan fingerprint density at radius 2 is 1.81 bits per heavy atom. The largest absolute Gasteiger partial charge is 0.468 e. The Hall–Kier alpha value is -1.78. The standard InChI is InChI=1S/C17H22N2O2/c1-2-20-13-21-17-6-4-14-11-16(5-3-15(14)12-17)19-9-7-18-8-10-19/h3-6,11-12,18H,2,7-10,13H2,1H3. The fourth-order valence-corrected chi connectivity index (χ4v) is 2.61. The van der Waals surface area contributed by atoms with E-state index in [9.17, 15) is 0 Å². The Bertz CT molecular complexity index is 594. The molecule has 0 unspecified atom stereocenters. The molecule has 4 heteroatoms. The molecule has 4 nitrogen and oxygen atoms in total. The summed E-state index contributed by atoms with van der Waals surface area (Å²) in [5.74, 6) is 0.853. The lowest BCUT2D eigenvalue weighted by Gasteiger charge is -2.29. The van der Waals surface area contributed by atoms with E-state index in [1.54, 1.807) is 0 Å². The molecule has 0 amide bonds. The average Bonchev–Trinajstić information content (AvgIpc) is 2.55. The van der Waals surface area contributed by atoms with Crippen LogP contribution in [0.15, 0.2) is 36.4 Å². The van der Waals surface area contributed by atoms with Crippen molar-refractivity contribution in [2.24, 2.45) is 0 Å². The van der Waals surface area contributed by atoms with E-state index in [1.807, 2.05) is 13.0 Å². The lowest BCUT2D eigenvalue weighted by atomic mass is 10.1. The van der Waals surface area contributed by atoms with Crippen LogP contribution in [0.4, 0.5) is 5.69 Å². The molecule has 1 N–H and O–H groups in total. The van der Waals surface area contributed by atoms with Crippen molar-refractivity contribution >= 4 is 16.5 Å². The van der Waals surface area contributed by atoms with E-state index in [0.717, 1.165) is 31.9 Å². The summed E-state index contributed by atoms with van der Waals surface area (Å²) in [6.07, 6.45) is 0. The molecule has 1 aliphatic rings. The van der Waals surface area contributed by atoms with Crippen molar-refractivity contribution in [2.45, 2.75) is 6.92 Å². The van der Waals surface area contributed by atoms with Gasteiger partial charge in [0, 0.05) is 38.5 Å². The predicted octanol–water partition coefficient (Wildman–Crippen LogP) is 2.62. The summed E-state index contributed by atoms with van der Waals surface area (Å²) < 4.78 is 10.8. The molecule has 0 aromatic heterocycles. The molecule has 0 bridgehead atoms. The van der Waals surface area contributed by atoms with Crippen molar-refractivity contribution in [1.82, 2.24) is 5.32 Å². The molecule has 3 rings (SSSR count). The predicted molar refractivity (Wildman–Crippen MR) is 86.2 cm³/mol. The van der Waals surface area contributed by atoms with Crippen LogP contribution in [-0.2, 0) is 4.74 Å². The number of hydrogen-bond donors (Lipinski definition) is 1. The van der Waals surface area contributed by atoms with Crippen molar-refractivity contribution in [3.8, 4) is 5.75 Å². The minimum Gasteiger partial charge on any atom is -0.468 e. The number of nitrogens with zero attached hydrogens (tertiary/aromatic N) is 1. The Morgan fingerprint density at radius 1 is 1.05 bits per heavy atom. The molecular formula is C17H22N2O2. The summed E-state index contributed by atoms with van der Waals surface area (Å²) in [7, 11) is 0. The number of fused-ring (bicyclic) bond motifs is 1. The van der Waals surface area contributed by atoms with Gasteiger partial charge in [-0.25, -0.2) is 0 Å². The van der Waals surface area contributed by atoms with Gasteiger partial charge in [-0.05, 0) is 42.0 Å². The maximum absolute atomic E-state index is 5.56. The maximum atomic E-state index is 5.56. The minimum absolute atomic E-state index is 0.306. The van der Waals surface area contributed by atoms with Crippen LogP contribution in [0.5, 0.6) is 5.75 Å². The molecule has 112 valence electrons. The molecule has 1 fully saturated rings. The van der Waals surface area contributed by atoms with Crippen LogP contribution >= 0.6 is 0 Å². The Kier molecular flexibility index (Phi) is 4.58. The van der Waals surface area contributed by atoms with E-state index < -0.39 is 0 Å². The third kappa shape index (κ3) is 3.46. The number of rotatable bonds is 5. The van der Waals surface area contributed by atoms with Gasteiger partial charge in [-0.2, -0.15) is 0 Å². The maximum Gasteiger partial charge on any atom is 0.189 e. The lowest BCUT2D eigenvalue weighted by molar-refractivity contribution is 0.0225. The fraction of sp³-hybridized carbons (Fsp3) is 0.412. The van der Waals surface area contributed by atoms with E-state index in [0.29, 0.717) is 13.4 Å². The Balaban J connectivity index is 1.77. The number of hydrogen-bond acceptors (Lipinski definition) is 4. The molecule has 1 aliphatic heterocycles. The normalized spacial score (nSPS) is 15.4. The van der Waals surface area contributed by atoms with Gasteiger partial charge in [0.15, 0.2) is 6.79 Å². The first-order chi connectivity index (χ1) is 10.4. The van der Waals surface area contributed by atoms with Crippen molar-refractivity contribution in [3.63, 3.8) is 0 Å². The van der Waals surface area contributed by atoms with Crippen LogP contribution < -0.4 is 15.0 Å². The van der Waals surface area contributed by atoms with Crippen molar-refractivity contribution in [3.05, 3.63) is 36.4 Å². The molecule has 1 heterocycles. The summed E-state index contributed by atoms with van der Waals surface area (Å²) in [6, 6.07) is 12.8. The molecule has 0 aliphatic carbocycles. The zero-order valence-corrected chi connectivity index (χ0v) is 12.5. The number of piperazine rings is 1. The van der Waals surface area contributed by atoms with E-state index in [4.69, 9.17) is 9.47 Å². The molecule has 0 saturated carbocycles. The van der Waals surface area contributed by atoms with Crippen LogP contribution in [0.2, 0.25) is 0 Å². The molecule has 1 saturated heterocycles. The van der Waals surface area contributed by atoms with E-state index >= 15 is 0 Å². The molecule has 2 aromatic carbocycles. The third-order valence-electron chi connectivity index (χ3n) is 3.79. The van der Waals surface area contributed by atoms with Gasteiger partial charge in [0.2, 0.25) is 0 Å². The van der Waals surface area contributed by atoms with Crippen LogP contribution in [0.1, 0.15) is 6.92 Å². The van der Waals surface area contributed by atoms with E-state index in [1.165, 1.54) is 16.5 Å². The fourth-order valence-electron chi connectivity index (χ4n) is 2.61. The summed E-state index contributed by atoms with van der Waals surface area (Å²) in [4.78, 5) is 2.43. The zero-order valence-electron chi connectivity index (χ0n) is 12.5. The summed E-state index contributed by atoms with van der Waals surface area (Å²) in [5, 5.41) is 5.83. The van der Waals surface area contributed by atoms with Crippen LogP contribution in [0.25, 0.3) is 10.8 Å². The quantitative estimate of drug-likeness (QED) is 0.677. The Morgan fingerprint density at radius 3 is 2.62 bits per heavy atom. The van der Waals surface area contributed by atoms with Gasteiger partial charge in [0.25, 0.3) is 0 Å². The van der Waals surface area contributed by atoms with Crippen molar-refractivity contribution in [2.75, 3.05) is 44.5 Å². The number of ether oxygens (including phenoxy) is 2. The zero-order chi connectivity index (χ0) is 14.5. The highest BCUT2D eigenvalue weighted by atomic mass is 16.7. The molecular weight excluding hydrogens is 264 g/mol. The van der Waals surface area contributed by atoms with Gasteiger partial charge in [0.05, 0.1) is 0 Å². The van der Waals surface area contributed by atoms with Crippen molar-refractivity contribution in [1.29, 1.82) is 0 Å². The molecule has 2 aromatic rings. The number of nitrogens with one attached hydrogen (secondary N) is 1. The molecule has 0 spiro atoms. The van der Waals surface area contributed by atoms with Crippen LogP contribution in [0, 0.1) is 0 Å². The number of anilines is 1. The van der Waals surface area contributed by atoms with Gasteiger partial charge in [-0.3, -0.25) is 0 Å². The summed E-state index contributed by atoms with van der Waals surface area (Å²) in [6.45, 7) is 7.19. The summed E-state index contributed by atoms with van der Waals surface area (Å²) >= 11 is 0. The average molecular weight is 286 g/mol. The first kappa shape index (κ1) is 14.2. The minimum atomic E-state index is 0.306. The first-order valence-corrected chi connectivity index (χ1v) is 7.57. The molecule has 21 heavy (non-hydrogen) atoms. The SMILES string of the molecule is CCOCOc1ccc2cc(N3CCNCC3)ccc2c1. The second kappa shape index (κ2) is 6.78. The van der Waals surface area contributed by atoms with Crippen molar-refractivity contribution < 1.29 is 9.47 Å². The monoisotopic (exact) mass is 286 g/mol. The highest BCUT2D eigenvalue weighted by molar-refractivity contribution is 5.87. The topological polar surface area (TPSA) is 33.7 Å². The van der Waals surface area contributed by atoms with Gasteiger partial charge in [0.1, 0.15) is 5.75 Å². The smallest absolute Gasteiger partial charge is 0.189 e. The van der Waals surface area contributed by atoms with Gasteiger partial charge >= 0.3 is 0 Å². The third-order valence-corrected chi connectivity index (χ3v) is 3.79. The number of benzene rings is 2. The highest BCUT2D eigenvalue weighted by Crippen LogP contribution is 2.26. The Labute approximate surface area is 125 Å². The first-order valence-electron chi connectivity index (χ1n) is 7.57.